The van der Waals surface area contributed by atoms with Gasteiger partial charge in [0, 0.05) is 23.8 Å². The molecule has 1 fully saturated rings. The maximum Gasteiger partial charge on any atom is 0.0476 e. The molecule has 1 heterocycles. The van der Waals surface area contributed by atoms with E-state index in [-0.39, 0.29) is 0 Å². The molecule has 1 saturated heterocycles. The maximum atomic E-state index is 5.39. The number of rotatable bonds is 6. The van der Waals surface area contributed by atoms with Crippen LogP contribution >= 0.6 is 27.7 Å². The van der Waals surface area contributed by atoms with Crippen LogP contribution in [0.25, 0.3) is 0 Å². The van der Waals surface area contributed by atoms with Gasteiger partial charge in [0.1, 0.15) is 0 Å². The van der Waals surface area contributed by atoms with Crippen molar-refractivity contribution in [2.45, 2.75) is 44.8 Å². The summed E-state index contributed by atoms with van der Waals surface area (Å²) in [5.74, 6) is 1.30. The predicted octanol–water partition coefficient (Wildman–Crippen LogP) is 4.10. The smallest absolute Gasteiger partial charge is 0.0476 e. The highest BCUT2D eigenvalue weighted by atomic mass is 79.9. The lowest BCUT2D eigenvalue weighted by Gasteiger charge is -2.32. The highest BCUT2D eigenvalue weighted by Gasteiger charge is 2.26. The van der Waals surface area contributed by atoms with Crippen LogP contribution in [0.2, 0.25) is 0 Å². The van der Waals surface area contributed by atoms with Crippen LogP contribution in [-0.2, 0) is 4.74 Å². The van der Waals surface area contributed by atoms with Crippen LogP contribution in [0.3, 0.4) is 0 Å². The molecular weight excluding hydrogens is 272 g/mol. The molecule has 1 aliphatic heterocycles. The van der Waals surface area contributed by atoms with Gasteiger partial charge >= 0.3 is 0 Å². The summed E-state index contributed by atoms with van der Waals surface area (Å²) >= 11 is 5.85. The minimum absolute atomic E-state index is 0.517. The summed E-state index contributed by atoms with van der Waals surface area (Å²) in [6.07, 6.45) is 5.06. The van der Waals surface area contributed by atoms with Gasteiger partial charge in [0.25, 0.3) is 0 Å². The van der Waals surface area contributed by atoms with Crippen molar-refractivity contribution in [1.82, 2.24) is 0 Å². The summed E-state index contributed by atoms with van der Waals surface area (Å²) in [7, 11) is 0. The molecule has 0 bridgehead atoms. The third-order valence-electron chi connectivity index (χ3n) is 3.58. The minimum atomic E-state index is 0.517. The molecule has 90 valence electrons. The molecule has 3 heteroatoms. The predicted molar refractivity (Wildman–Crippen MR) is 73.1 cm³/mol. The third kappa shape index (κ3) is 4.27. The second kappa shape index (κ2) is 7.18. The van der Waals surface area contributed by atoms with Gasteiger partial charge in [-0.1, -0.05) is 29.8 Å². The fourth-order valence-electron chi connectivity index (χ4n) is 1.82. The Morgan fingerprint density at radius 2 is 1.87 bits per heavy atom. The summed E-state index contributed by atoms with van der Waals surface area (Å²) in [4.78, 5) is 0. The van der Waals surface area contributed by atoms with E-state index in [2.05, 4.69) is 41.5 Å². The Hall–Kier alpha value is 0.790. The quantitative estimate of drug-likeness (QED) is 0.682. The molecule has 0 unspecified atom stereocenters. The van der Waals surface area contributed by atoms with Gasteiger partial charge in [-0.3, -0.25) is 0 Å². The minimum Gasteiger partial charge on any atom is -0.381 e. The van der Waals surface area contributed by atoms with E-state index in [0.717, 1.165) is 23.8 Å². The molecular formula is C12H23BrOS. The molecule has 0 saturated carbocycles. The van der Waals surface area contributed by atoms with Crippen molar-refractivity contribution in [3.8, 4) is 0 Å². The van der Waals surface area contributed by atoms with E-state index in [4.69, 9.17) is 4.74 Å². The Morgan fingerprint density at radius 3 is 2.33 bits per heavy atom. The average Bonchev–Trinajstić information content (AvgIpc) is 2.33. The van der Waals surface area contributed by atoms with Gasteiger partial charge in [-0.15, -0.1) is 0 Å². The normalized spacial score (nSPS) is 19.4. The van der Waals surface area contributed by atoms with Crippen LogP contribution in [0.1, 0.15) is 39.5 Å². The first-order chi connectivity index (χ1) is 7.26. The van der Waals surface area contributed by atoms with Crippen molar-refractivity contribution in [3.05, 3.63) is 0 Å². The van der Waals surface area contributed by atoms with Crippen molar-refractivity contribution in [2.75, 3.05) is 24.3 Å². The summed E-state index contributed by atoms with van der Waals surface area (Å²) in [5, 5.41) is 1.98. The van der Waals surface area contributed by atoms with E-state index in [1.54, 1.807) is 0 Å². The van der Waals surface area contributed by atoms with Crippen LogP contribution in [0.15, 0.2) is 0 Å². The van der Waals surface area contributed by atoms with E-state index in [1.165, 1.54) is 31.4 Å². The number of thioether (sulfide) groups is 1. The van der Waals surface area contributed by atoms with Crippen LogP contribution in [0, 0.1) is 5.41 Å². The van der Waals surface area contributed by atoms with Gasteiger partial charge in [0.2, 0.25) is 0 Å². The fraction of sp³-hybridized carbons (Fsp3) is 1.00. The largest absolute Gasteiger partial charge is 0.381 e. The molecule has 0 spiro atoms. The number of ether oxygens (including phenoxy) is 1. The van der Waals surface area contributed by atoms with Crippen molar-refractivity contribution in [1.29, 1.82) is 0 Å². The van der Waals surface area contributed by atoms with Gasteiger partial charge in [-0.2, -0.15) is 11.8 Å². The SMILES string of the molecule is CCC(CC)(CBr)CSC1CCOCC1. The Bertz CT molecular complexity index is 157. The van der Waals surface area contributed by atoms with Crippen molar-refractivity contribution < 1.29 is 4.74 Å². The highest BCUT2D eigenvalue weighted by molar-refractivity contribution is 9.09. The van der Waals surface area contributed by atoms with E-state index < -0.39 is 0 Å². The Morgan fingerprint density at radius 1 is 1.27 bits per heavy atom. The van der Waals surface area contributed by atoms with E-state index >= 15 is 0 Å². The number of hydrogen-bond donors (Lipinski definition) is 0. The Balaban J connectivity index is 2.31. The second-order valence-electron chi connectivity index (χ2n) is 4.46. The van der Waals surface area contributed by atoms with Crippen LogP contribution in [0.5, 0.6) is 0 Å². The Kier molecular flexibility index (Phi) is 6.63. The van der Waals surface area contributed by atoms with E-state index in [9.17, 15) is 0 Å². The van der Waals surface area contributed by atoms with Crippen LogP contribution in [0.4, 0.5) is 0 Å². The zero-order valence-corrected chi connectivity index (χ0v) is 12.3. The summed E-state index contributed by atoms with van der Waals surface area (Å²) in [5.41, 5.74) is 0.517. The van der Waals surface area contributed by atoms with Crippen LogP contribution in [-0.4, -0.2) is 29.5 Å². The van der Waals surface area contributed by atoms with Gasteiger partial charge in [0.15, 0.2) is 0 Å². The van der Waals surface area contributed by atoms with Crippen molar-refractivity contribution >= 4 is 27.7 Å². The molecule has 0 aromatic heterocycles. The lowest BCUT2D eigenvalue weighted by Crippen LogP contribution is -2.27. The Labute approximate surface area is 107 Å². The van der Waals surface area contributed by atoms with E-state index in [0.29, 0.717) is 5.41 Å². The lowest BCUT2D eigenvalue weighted by molar-refractivity contribution is 0.0999. The molecule has 0 amide bonds. The van der Waals surface area contributed by atoms with Crippen molar-refractivity contribution in [3.63, 3.8) is 0 Å². The lowest BCUT2D eigenvalue weighted by atomic mass is 9.87. The van der Waals surface area contributed by atoms with Gasteiger partial charge in [-0.05, 0) is 36.9 Å². The number of halogens is 1. The second-order valence-corrected chi connectivity index (χ2v) is 6.31. The van der Waals surface area contributed by atoms with Gasteiger partial charge in [0.05, 0.1) is 0 Å². The molecule has 1 nitrogen and oxygen atoms in total. The summed E-state index contributed by atoms with van der Waals surface area (Å²) in [6.45, 7) is 6.57. The standard InChI is InChI=1S/C12H23BrOS/c1-3-12(4-2,9-13)10-15-11-5-7-14-8-6-11/h11H,3-10H2,1-2H3. The summed E-state index contributed by atoms with van der Waals surface area (Å²) < 4.78 is 5.39. The molecule has 0 aliphatic carbocycles. The van der Waals surface area contributed by atoms with Gasteiger partial charge in [-0.25, -0.2) is 0 Å². The summed E-state index contributed by atoms with van der Waals surface area (Å²) in [6, 6.07) is 0. The topological polar surface area (TPSA) is 9.23 Å². The third-order valence-corrected chi connectivity index (χ3v) is 6.49. The molecule has 0 aromatic rings. The molecule has 0 N–H and O–H groups in total. The molecule has 0 atom stereocenters. The monoisotopic (exact) mass is 294 g/mol. The first kappa shape index (κ1) is 13.9. The van der Waals surface area contributed by atoms with E-state index in [1.807, 2.05) is 0 Å². The zero-order valence-electron chi connectivity index (χ0n) is 9.93. The van der Waals surface area contributed by atoms with Gasteiger partial charge < -0.3 is 4.74 Å². The fourth-order valence-corrected chi connectivity index (χ4v) is 4.70. The van der Waals surface area contributed by atoms with Crippen LogP contribution < -0.4 is 0 Å². The zero-order chi connectivity index (χ0) is 11.1. The molecule has 1 rings (SSSR count). The maximum absolute atomic E-state index is 5.39. The highest BCUT2D eigenvalue weighted by Crippen LogP contribution is 2.36. The average molecular weight is 295 g/mol. The molecule has 15 heavy (non-hydrogen) atoms. The molecule has 0 aromatic carbocycles. The molecule has 0 radical (unpaired) electrons. The first-order valence-corrected chi connectivity index (χ1v) is 8.18. The van der Waals surface area contributed by atoms with Crippen molar-refractivity contribution in [2.24, 2.45) is 5.41 Å². The number of alkyl halides is 1. The first-order valence-electron chi connectivity index (χ1n) is 6.01. The molecule has 1 aliphatic rings. The number of hydrogen-bond acceptors (Lipinski definition) is 2.